The topological polar surface area (TPSA) is 74.9 Å². The van der Waals surface area contributed by atoms with Crippen molar-refractivity contribution >= 4 is 23.1 Å². The van der Waals surface area contributed by atoms with Gasteiger partial charge in [0.2, 0.25) is 0 Å². The van der Waals surface area contributed by atoms with E-state index in [9.17, 15) is 9.18 Å². The molecule has 7 nitrogen and oxygen atoms in total. The number of fused-ring (bicyclic) bond motifs is 3. The fourth-order valence-corrected chi connectivity index (χ4v) is 4.10. The van der Waals surface area contributed by atoms with Crippen LogP contribution in [0, 0.1) is 5.92 Å². The van der Waals surface area contributed by atoms with Crippen LogP contribution in [0.4, 0.5) is 10.2 Å². The number of nitrogens with one attached hydrogen (secondary N) is 1. The Labute approximate surface area is 175 Å². The average Bonchev–Trinajstić information content (AvgIpc) is 3.37. The number of aromatic nitrogens is 3. The Morgan fingerprint density at radius 3 is 3.07 bits per heavy atom. The van der Waals surface area contributed by atoms with Gasteiger partial charge in [-0.05, 0) is 50.2 Å². The smallest absolute Gasteiger partial charge is 0.256 e. The molecule has 1 fully saturated rings. The number of carbonyl (C=O) groups is 1. The van der Waals surface area contributed by atoms with E-state index >= 15 is 0 Å². The molecule has 2 atom stereocenters. The van der Waals surface area contributed by atoms with Crippen LogP contribution >= 0.6 is 0 Å². The van der Waals surface area contributed by atoms with Crippen LogP contribution in [0.5, 0.6) is 0 Å². The quantitative estimate of drug-likeness (QED) is 0.778. The lowest BCUT2D eigenvalue weighted by molar-refractivity contribution is 0.0949. The summed E-state index contributed by atoms with van der Waals surface area (Å²) in [5, 5.41) is 7.25. The molecule has 158 valence electrons. The molecule has 2 aliphatic rings. The largest absolute Gasteiger partial charge is 0.352 e. The molecule has 0 aromatic carbocycles. The number of allylic oxidation sites excluding steroid dienone is 1. The number of hydrogen-bond donors (Lipinski definition) is 1. The summed E-state index contributed by atoms with van der Waals surface area (Å²) in [6.07, 6.45) is 8.08. The second-order valence-electron chi connectivity index (χ2n) is 8.13. The Morgan fingerprint density at radius 2 is 2.27 bits per heavy atom. The summed E-state index contributed by atoms with van der Waals surface area (Å²) in [4.78, 5) is 24.1. The highest BCUT2D eigenvalue weighted by atomic mass is 19.1. The molecule has 30 heavy (non-hydrogen) atoms. The van der Waals surface area contributed by atoms with Crippen LogP contribution in [0.2, 0.25) is 0 Å². The predicted molar refractivity (Wildman–Crippen MR) is 116 cm³/mol. The number of rotatable bonds is 1. The van der Waals surface area contributed by atoms with Crippen LogP contribution in [0.1, 0.15) is 49.9 Å². The van der Waals surface area contributed by atoms with Crippen molar-refractivity contribution in [3.63, 3.8) is 0 Å². The highest BCUT2D eigenvalue weighted by Crippen LogP contribution is 2.30. The van der Waals surface area contributed by atoms with Gasteiger partial charge in [0.05, 0.1) is 18.4 Å². The number of hydrogen-bond acceptors (Lipinski definition) is 5. The lowest BCUT2D eigenvalue weighted by Crippen LogP contribution is -2.34. The maximum Gasteiger partial charge on any atom is 0.256 e. The predicted octanol–water partition coefficient (Wildman–Crippen LogP) is 3.69. The Bertz CT molecular complexity index is 1040. The molecule has 0 aliphatic carbocycles. The molecule has 0 radical (unpaired) electrons. The van der Waals surface area contributed by atoms with Crippen LogP contribution in [-0.2, 0) is 0 Å². The van der Waals surface area contributed by atoms with Gasteiger partial charge < -0.3 is 10.2 Å². The van der Waals surface area contributed by atoms with E-state index in [1.165, 1.54) is 13.1 Å². The van der Waals surface area contributed by atoms with Crippen LogP contribution in [0.15, 0.2) is 47.6 Å². The summed E-state index contributed by atoms with van der Waals surface area (Å²) >= 11 is 0. The van der Waals surface area contributed by atoms with Crippen LogP contribution in [-0.4, -0.2) is 45.3 Å². The first-order valence-electron chi connectivity index (χ1n) is 10.4. The monoisotopic (exact) mass is 410 g/mol. The van der Waals surface area contributed by atoms with E-state index in [1.54, 1.807) is 10.7 Å². The van der Waals surface area contributed by atoms with E-state index in [2.05, 4.69) is 33.8 Å². The van der Waals surface area contributed by atoms with Gasteiger partial charge in [0.25, 0.3) is 5.91 Å². The number of carbonyl (C=O) groups excluding carboxylic acids is 1. The van der Waals surface area contributed by atoms with Gasteiger partial charge in [-0.15, -0.1) is 0 Å². The second-order valence-corrected chi connectivity index (χ2v) is 8.13. The fourth-order valence-electron chi connectivity index (χ4n) is 4.10. The van der Waals surface area contributed by atoms with Gasteiger partial charge in [-0.2, -0.15) is 5.10 Å². The first kappa shape index (κ1) is 20.3. The molecule has 1 amide bonds. The van der Waals surface area contributed by atoms with Gasteiger partial charge in [0.15, 0.2) is 5.65 Å². The minimum absolute atomic E-state index is 0.0467. The number of aliphatic imine (C=N–C) groups is 1. The highest BCUT2D eigenvalue weighted by Gasteiger charge is 2.31. The van der Waals surface area contributed by atoms with Crippen molar-refractivity contribution in [2.75, 3.05) is 18.0 Å². The standard InChI is InChI=1S/C22H27FN6O/c1-14-6-7-18(24-12-15(2)23)16(3)19-5-4-9-28(19)20-8-10-29-21(27-20)17(13-26-29)22(30)25-11-14/h8,10,12-14,19H,3-7,9,11H2,1-2H3,(H,25,30)/b15-12+,24-18-/t14?,19-/m1/s1. The molecule has 2 aliphatic heterocycles. The second kappa shape index (κ2) is 8.38. The number of anilines is 1. The third-order valence-electron chi connectivity index (χ3n) is 5.80. The zero-order valence-electron chi connectivity index (χ0n) is 17.4. The SMILES string of the molecule is C=C1/C(=N\C=C(/C)F)CCC(C)CNC(=O)c2cnn3ccc(nc23)N2CCC[C@H]12. The van der Waals surface area contributed by atoms with E-state index < -0.39 is 0 Å². The molecular formula is C22H27FN6O. The van der Waals surface area contributed by atoms with E-state index in [4.69, 9.17) is 4.98 Å². The van der Waals surface area contributed by atoms with Crippen molar-refractivity contribution in [1.29, 1.82) is 0 Å². The molecule has 0 saturated carbocycles. The number of nitrogens with zero attached hydrogens (tertiary/aromatic N) is 5. The zero-order chi connectivity index (χ0) is 21.3. The summed E-state index contributed by atoms with van der Waals surface area (Å²) in [6, 6.07) is 1.95. The zero-order valence-corrected chi connectivity index (χ0v) is 17.4. The first-order chi connectivity index (χ1) is 14.4. The van der Waals surface area contributed by atoms with Gasteiger partial charge in [0.1, 0.15) is 17.2 Å². The Kier molecular flexibility index (Phi) is 5.65. The van der Waals surface area contributed by atoms with Crippen molar-refractivity contribution in [2.24, 2.45) is 10.9 Å². The van der Waals surface area contributed by atoms with Crippen molar-refractivity contribution in [3.05, 3.63) is 48.2 Å². The van der Waals surface area contributed by atoms with Crippen molar-refractivity contribution in [3.8, 4) is 0 Å². The minimum atomic E-state index is -0.335. The third-order valence-corrected chi connectivity index (χ3v) is 5.80. The molecule has 8 heteroatoms. The van der Waals surface area contributed by atoms with Crippen LogP contribution in [0.25, 0.3) is 5.65 Å². The third kappa shape index (κ3) is 3.99. The Balaban J connectivity index is 1.78. The molecule has 1 saturated heterocycles. The Hall–Kier alpha value is -3.03. The number of amides is 1. The summed E-state index contributed by atoms with van der Waals surface area (Å²) < 4.78 is 15.0. The van der Waals surface area contributed by atoms with Crippen molar-refractivity contribution in [2.45, 2.75) is 45.6 Å². The molecular weight excluding hydrogens is 383 g/mol. The summed E-state index contributed by atoms with van der Waals surface area (Å²) in [5.74, 6) is 0.502. The van der Waals surface area contributed by atoms with Gasteiger partial charge in [0, 0.05) is 25.0 Å². The number of halogens is 1. The van der Waals surface area contributed by atoms with Crippen molar-refractivity contribution in [1.82, 2.24) is 19.9 Å². The lowest BCUT2D eigenvalue weighted by atomic mass is 9.94. The maximum absolute atomic E-state index is 13.4. The molecule has 4 rings (SSSR count). The van der Waals surface area contributed by atoms with Gasteiger partial charge in [-0.25, -0.2) is 13.9 Å². The van der Waals surface area contributed by atoms with E-state index in [1.807, 2.05) is 12.3 Å². The summed E-state index contributed by atoms with van der Waals surface area (Å²) in [6.45, 7) is 9.19. The van der Waals surface area contributed by atoms with Gasteiger partial charge in [-0.1, -0.05) is 13.5 Å². The fraction of sp³-hybridized carbons (Fsp3) is 0.455. The molecule has 2 bridgehead atoms. The van der Waals surface area contributed by atoms with Crippen molar-refractivity contribution < 1.29 is 9.18 Å². The summed E-state index contributed by atoms with van der Waals surface area (Å²) in [5.41, 5.74) is 2.73. The van der Waals surface area contributed by atoms with E-state index in [0.29, 0.717) is 24.2 Å². The average molecular weight is 410 g/mol. The molecule has 0 spiro atoms. The first-order valence-corrected chi connectivity index (χ1v) is 10.4. The maximum atomic E-state index is 13.4. The van der Waals surface area contributed by atoms with Gasteiger partial charge >= 0.3 is 0 Å². The normalized spacial score (nSPS) is 25.0. The van der Waals surface area contributed by atoms with Crippen LogP contribution in [0.3, 0.4) is 0 Å². The lowest BCUT2D eigenvalue weighted by Gasteiger charge is -2.28. The molecule has 4 heterocycles. The van der Waals surface area contributed by atoms with Gasteiger partial charge in [-0.3, -0.25) is 9.79 Å². The van der Waals surface area contributed by atoms with Crippen LogP contribution < -0.4 is 10.2 Å². The van der Waals surface area contributed by atoms with E-state index in [-0.39, 0.29) is 23.7 Å². The molecule has 1 N–H and O–H groups in total. The van der Waals surface area contributed by atoms with E-state index in [0.717, 1.165) is 42.9 Å². The highest BCUT2D eigenvalue weighted by molar-refractivity contribution is 6.02. The minimum Gasteiger partial charge on any atom is -0.352 e. The summed E-state index contributed by atoms with van der Waals surface area (Å²) in [7, 11) is 0. The molecule has 2 aromatic heterocycles. The molecule has 2 aromatic rings. The molecule has 1 unspecified atom stereocenters. The Morgan fingerprint density at radius 1 is 1.43 bits per heavy atom.